The monoisotopic (exact) mass is 407 g/mol. The van der Waals surface area contributed by atoms with E-state index in [0.29, 0.717) is 40.0 Å². The minimum Gasteiger partial charge on any atom is -0.507 e. The van der Waals surface area contributed by atoms with Crippen LogP contribution in [0.15, 0.2) is 48.7 Å². The molecular formula is C22H21N3O5. The summed E-state index contributed by atoms with van der Waals surface area (Å²) in [7, 11) is 6.24. The number of pyridine rings is 1. The lowest BCUT2D eigenvalue weighted by atomic mass is 10.1. The Morgan fingerprint density at radius 2 is 1.50 bits per heavy atom. The lowest BCUT2D eigenvalue weighted by Crippen LogP contribution is -1.97. The molecule has 0 bridgehead atoms. The summed E-state index contributed by atoms with van der Waals surface area (Å²) in [5.74, 6) is 2.84. The second kappa shape index (κ2) is 7.82. The average Bonchev–Trinajstić information content (AvgIpc) is 3.21. The number of aromatic hydroxyl groups is 1. The Labute approximate surface area is 173 Å². The van der Waals surface area contributed by atoms with Crippen molar-refractivity contribution in [3.8, 4) is 51.3 Å². The molecule has 4 aromatic rings. The highest BCUT2D eigenvalue weighted by Crippen LogP contribution is 2.41. The summed E-state index contributed by atoms with van der Waals surface area (Å²) >= 11 is 0. The van der Waals surface area contributed by atoms with Gasteiger partial charge in [-0.2, -0.15) is 0 Å². The van der Waals surface area contributed by atoms with Gasteiger partial charge in [0.1, 0.15) is 11.5 Å². The van der Waals surface area contributed by atoms with Gasteiger partial charge < -0.3 is 24.1 Å². The normalized spacial score (nSPS) is 10.8. The zero-order valence-corrected chi connectivity index (χ0v) is 17.0. The van der Waals surface area contributed by atoms with Gasteiger partial charge in [0.2, 0.25) is 5.75 Å². The van der Waals surface area contributed by atoms with Crippen LogP contribution in [0.5, 0.6) is 28.7 Å². The molecule has 0 fully saturated rings. The Kier molecular flexibility index (Phi) is 5.05. The first kappa shape index (κ1) is 19.4. The SMILES string of the molecule is COc1ccc(-c2ccc3nnc(-c4cc(OC)c(OC)c(OC)c4)n3c2)c(O)c1. The van der Waals surface area contributed by atoms with Gasteiger partial charge in [0.25, 0.3) is 0 Å². The summed E-state index contributed by atoms with van der Waals surface area (Å²) in [6, 6.07) is 12.5. The molecule has 0 saturated carbocycles. The molecule has 0 aliphatic carbocycles. The number of rotatable bonds is 6. The molecule has 8 heteroatoms. The molecule has 8 nitrogen and oxygen atoms in total. The van der Waals surface area contributed by atoms with Crippen molar-refractivity contribution in [2.24, 2.45) is 0 Å². The van der Waals surface area contributed by atoms with E-state index in [9.17, 15) is 5.11 Å². The fourth-order valence-electron chi connectivity index (χ4n) is 3.34. The van der Waals surface area contributed by atoms with Gasteiger partial charge in [-0.25, -0.2) is 0 Å². The van der Waals surface area contributed by atoms with E-state index in [0.717, 1.165) is 11.1 Å². The van der Waals surface area contributed by atoms with Crippen molar-refractivity contribution in [3.63, 3.8) is 0 Å². The first-order valence-electron chi connectivity index (χ1n) is 9.12. The topological polar surface area (TPSA) is 87.3 Å². The van der Waals surface area contributed by atoms with E-state index in [4.69, 9.17) is 18.9 Å². The third-order valence-corrected chi connectivity index (χ3v) is 4.84. The number of phenols is 1. The van der Waals surface area contributed by atoms with Gasteiger partial charge in [-0.15, -0.1) is 10.2 Å². The van der Waals surface area contributed by atoms with Crippen LogP contribution in [-0.4, -0.2) is 48.1 Å². The largest absolute Gasteiger partial charge is 0.507 e. The van der Waals surface area contributed by atoms with Crippen LogP contribution >= 0.6 is 0 Å². The quantitative estimate of drug-likeness (QED) is 0.520. The Morgan fingerprint density at radius 1 is 0.767 bits per heavy atom. The smallest absolute Gasteiger partial charge is 0.203 e. The minimum atomic E-state index is 0.121. The molecule has 0 atom stereocenters. The standard InChI is InChI=1S/C22H21N3O5/c1-27-15-6-7-16(17(26)11-15)13-5-8-20-23-24-22(25(20)12-13)14-9-18(28-2)21(30-4)19(10-14)29-3/h5-12,26H,1-4H3. The van der Waals surface area contributed by atoms with Crippen LogP contribution in [0.4, 0.5) is 0 Å². The van der Waals surface area contributed by atoms with E-state index in [1.54, 1.807) is 46.6 Å². The summed E-state index contributed by atoms with van der Waals surface area (Å²) in [5.41, 5.74) is 2.88. The van der Waals surface area contributed by atoms with Crippen LogP contribution in [0.1, 0.15) is 0 Å². The highest BCUT2D eigenvalue weighted by molar-refractivity contribution is 5.74. The van der Waals surface area contributed by atoms with Crippen LogP contribution in [0.3, 0.4) is 0 Å². The Hall–Kier alpha value is -3.94. The molecule has 2 heterocycles. The van der Waals surface area contributed by atoms with Gasteiger partial charge in [0, 0.05) is 29.0 Å². The number of hydrogen-bond acceptors (Lipinski definition) is 7. The van der Waals surface area contributed by atoms with Crippen molar-refractivity contribution < 1.29 is 24.1 Å². The second-order valence-corrected chi connectivity index (χ2v) is 6.47. The molecule has 154 valence electrons. The summed E-state index contributed by atoms with van der Waals surface area (Å²) in [4.78, 5) is 0. The molecule has 0 aliphatic heterocycles. The van der Waals surface area contributed by atoms with Crippen molar-refractivity contribution in [2.45, 2.75) is 0 Å². The predicted octanol–water partition coefficient (Wildman–Crippen LogP) is 3.80. The van der Waals surface area contributed by atoms with Crippen LogP contribution in [0, 0.1) is 0 Å². The average molecular weight is 407 g/mol. The molecule has 2 aromatic carbocycles. The molecule has 1 N–H and O–H groups in total. The fourth-order valence-corrected chi connectivity index (χ4v) is 3.34. The maximum atomic E-state index is 10.4. The molecule has 0 aliphatic rings. The van der Waals surface area contributed by atoms with Crippen molar-refractivity contribution >= 4 is 5.65 Å². The third-order valence-electron chi connectivity index (χ3n) is 4.84. The zero-order valence-electron chi connectivity index (χ0n) is 17.0. The second-order valence-electron chi connectivity index (χ2n) is 6.47. The first-order chi connectivity index (χ1) is 14.6. The van der Waals surface area contributed by atoms with Gasteiger partial charge >= 0.3 is 0 Å². The molecule has 0 amide bonds. The van der Waals surface area contributed by atoms with Crippen LogP contribution in [-0.2, 0) is 0 Å². The van der Waals surface area contributed by atoms with Gasteiger partial charge in [0.15, 0.2) is 23.0 Å². The maximum absolute atomic E-state index is 10.4. The van der Waals surface area contributed by atoms with Crippen molar-refractivity contribution in [3.05, 3.63) is 48.7 Å². The molecule has 30 heavy (non-hydrogen) atoms. The van der Waals surface area contributed by atoms with Crippen molar-refractivity contribution in [1.82, 2.24) is 14.6 Å². The molecule has 0 spiro atoms. The lowest BCUT2D eigenvalue weighted by Gasteiger charge is -2.13. The van der Waals surface area contributed by atoms with Crippen molar-refractivity contribution in [1.29, 1.82) is 0 Å². The minimum absolute atomic E-state index is 0.121. The van der Waals surface area contributed by atoms with Crippen LogP contribution < -0.4 is 18.9 Å². The highest BCUT2D eigenvalue weighted by Gasteiger charge is 2.18. The number of hydrogen-bond donors (Lipinski definition) is 1. The van der Waals surface area contributed by atoms with Crippen LogP contribution in [0.2, 0.25) is 0 Å². The predicted molar refractivity (Wildman–Crippen MR) is 112 cm³/mol. The lowest BCUT2D eigenvalue weighted by molar-refractivity contribution is 0.324. The third kappa shape index (κ3) is 3.22. The van der Waals surface area contributed by atoms with Crippen LogP contribution in [0.25, 0.3) is 28.2 Å². The molecule has 0 unspecified atom stereocenters. The first-order valence-corrected chi connectivity index (χ1v) is 9.12. The van der Waals surface area contributed by atoms with Gasteiger partial charge in [-0.3, -0.25) is 4.40 Å². The van der Waals surface area contributed by atoms with Gasteiger partial charge in [-0.1, -0.05) is 0 Å². The van der Waals surface area contributed by atoms with Gasteiger partial charge in [0.05, 0.1) is 28.4 Å². The highest BCUT2D eigenvalue weighted by atomic mass is 16.5. The van der Waals surface area contributed by atoms with E-state index in [-0.39, 0.29) is 5.75 Å². The number of methoxy groups -OCH3 is 4. The fraction of sp³-hybridized carbons (Fsp3) is 0.182. The Morgan fingerprint density at radius 3 is 2.10 bits per heavy atom. The summed E-state index contributed by atoms with van der Waals surface area (Å²) < 4.78 is 23.3. The number of fused-ring (bicyclic) bond motifs is 1. The molecule has 2 aromatic heterocycles. The molecule has 0 radical (unpaired) electrons. The Balaban J connectivity index is 1.87. The van der Waals surface area contributed by atoms with E-state index in [1.807, 2.05) is 34.9 Å². The number of phenolic OH excluding ortho intramolecular Hbond substituents is 1. The molecular weight excluding hydrogens is 386 g/mol. The summed E-state index contributed by atoms with van der Waals surface area (Å²) in [6.07, 6.45) is 1.87. The van der Waals surface area contributed by atoms with Gasteiger partial charge in [-0.05, 0) is 36.4 Å². The van der Waals surface area contributed by atoms with E-state index >= 15 is 0 Å². The van der Waals surface area contributed by atoms with Crippen molar-refractivity contribution in [2.75, 3.05) is 28.4 Å². The number of nitrogens with zero attached hydrogens (tertiary/aromatic N) is 3. The van der Waals surface area contributed by atoms with E-state index in [2.05, 4.69) is 10.2 Å². The summed E-state index contributed by atoms with van der Waals surface area (Å²) in [5, 5.41) is 19.0. The Bertz CT molecular complexity index is 1190. The van der Waals surface area contributed by atoms with E-state index in [1.165, 1.54) is 0 Å². The number of benzene rings is 2. The molecule has 4 rings (SSSR count). The zero-order chi connectivity index (χ0) is 21.3. The summed E-state index contributed by atoms with van der Waals surface area (Å²) in [6.45, 7) is 0. The maximum Gasteiger partial charge on any atom is 0.203 e. The van der Waals surface area contributed by atoms with E-state index < -0.39 is 0 Å². The number of ether oxygens (including phenoxy) is 4. The molecule has 0 saturated heterocycles. The number of aromatic nitrogens is 3.